The minimum Gasteiger partial charge on any atom is -0.212 e. The summed E-state index contributed by atoms with van der Waals surface area (Å²) in [6.07, 6.45) is 0. The lowest BCUT2D eigenvalue weighted by Crippen LogP contribution is -2.18. The third-order valence-electron chi connectivity index (χ3n) is 8.72. The second kappa shape index (κ2) is 14.0. The van der Waals surface area contributed by atoms with Crippen molar-refractivity contribution in [1.82, 2.24) is 44.9 Å². The molecule has 0 N–H and O–H groups in total. The van der Waals surface area contributed by atoms with Crippen LogP contribution in [0, 0.1) is 0 Å². The maximum atomic E-state index is 5.09. The summed E-state index contributed by atoms with van der Waals surface area (Å²) in [6.45, 7) is 19.0. The Labute approximate surface area is 317 Å². The van der Waals surface area contributed by atoms with E-state index in [1.54, 1.807) is 0 Å². The molecule has 0 unspecified atom stereocenters. The van der Waals surface area contributed by atoms with Crippen LogP contribution in [0.15, 0.2) is 109 Å². The Kier molecular flexibility index (Phi) is 9.43. The van der Waals surface area contributed by atoms with Crippen LogP contribution in [0.1, 0.15) is 79.8 Å². The molecular formula is C45H45N9. The van der Waals surface area contributed by atoms with Gasteiger partial charge in [0, 0.05) is 49.6 Å². The lowest BCUT2D eigenvalue weighted by molar-refractivity contribution is 0.543. The SMILES string of the molecule is CC(C)(C)c1nc(-c2ccccc2)nc(-c2cc(-c3nc(-c4ccccc4)nc(C(C)(C)C)n3)cc(-c3nc(-c4ccccc4)nc(C(C)(C)C)n3)c2)n1. The van der Waals surface area contributed by atoms with E-state index in [4.69, 9.17) is 44.9 Å². The molecule has 4 aromatic carbocycles. The fourth-order valence-corrected chi connectivity index (χ4v) is 5.69. The molecule has 0 aliphatic rings. The smallest absolute Gasteiger partial charge is 0.163 e. The molecule has 0 aliphatic carbocycles. The Balaban J connectivity index is 1.53. The standard InChI is InChI=1S/C45H45N9/c1-43(2,3)40-49-34(28-19-13-10-14-20-28)46-37(52-40)31-25-32(38-47-35(29-21-15-11-16-22-29)50-41(53-38)44(4,5)6)27-33(26-31)39-48-36(30-23-17-12-18-24-30)51-42(54-39)45(7,8)9/h10-27H,1-9H3. The Morgan fingerprint density at radius 2 is 0.463 bits per heavy atom. The molecular weight excluding hydrogens is 667 g/mol. The first-order valence-corrected chi connectivity index (χ1v) is 18.2. The molecule has 0 radical (unpaired) electrons. The Bertz CT molecular complexity index is 2140. The van der Waals surface area contributed by atoms with Crippen molar-refractivity contribution in [2.75, 3.05) is 0 Å². The molecule has 0 spiro atoms. The van der Waals surface area contributed by atoms with Gasteiger partial charge in [-0.1, -0.05) is 153 Å². The van der Waals surface area contributed by atoms with E-state index in [1.165, 1.54) is 0 Å². The molecule has 9 heteroatoms. The minimum atomic E-state index is -0.345. The van der Waals surface area contributed by atoms with E-state index in [-0.39, 0.29) is 16.2 Å². The Morgan fingerprint density at radius 1 is 0.259 bits per heavy atom. The molecule has 0 atom stereocenters. The number of nitrogens with zero attached hydrogens (tertiary/aromatic N) is 9. The summed E-state index contributed by atoms with van der Waals surface area (Å²) in [7, 11) is 0. The van der Waals surface area contributed by atoms with E-state index in [2.05, 4.69) is 62.3 Å². The van der Waals surface area contributed by atoms with Crippen LogP contribution in [-0.2, 0) is 16.2 Å². The zero-order chi connectivity index (χ0) is 38.3. The average Bonchev–Trinajstić information content (AvgIpc) is 3.17. The summed E-state index contributed by atoms with van der Waals surface area (Å²) >= 11 is 0. The number of aromatic nitrogens is 9. The monoisotopic (exact) mass is 711 g/mol. The molecule has 270 valence electrons. The van der Waals surface area contributed by atoms with Gasteiger partial charge < -0.3 is 0 Å². The maximum absolute atomic E-state index is 5.09. The van der Waals surface area contributed by atoms with Crippen LogP contribution in [0.25, 0.3) is 68.3 Å². The zero-order valence-electron chi connectivity index (χ0n) is 32.4. The van der Waals surface area contributed by atoms with E-state index >= 15 is 0 Å². The van der Waals surface area contributed by atoms with Crippen molar-refractivity contribution in [2.24, 2.45) is 0 Å². The van der Waals surface area contributed by atoms with Gasteiger partial charge in [-0.15, -0.1) is 0 Å². The van der Waals surface area contributed by atoms with Gasteiger partial charge in [0.1, 0.15) is 17.5 Å². The first-order valence-electron chi connectivity index (χ1n) is 18.2. The number of rotatable bonds is 6. The molecule has 9 nitrogen and oxygen atoms in total. The third kappa shape index (κ3) is 7.95. The fourth-order valence-electron chi connectivity index (χ4n) is 5.69. The van der Waals surface area contributed by atoms with Crippen LogP contribution >= 0.6 is 0 Å². The van der Waals surface area contributed by atoms with Crippen molar-refractivity contribution < 1.29 is 0 Å². The van der Waals surface area contributed by atoms with Gasteiger partial charge in [0.25, 0.3) is 0 Å². The van der Waals surface area contributed by atoms with Gasteiger partial charge in [-0.05, 0) is 18.2 Å². The molecule has 3 heterocycles. The third-order valence-corrected chi connectivity index (χ3v) is 8.72. The van der Waals surface area contributed by atoms with Gasteiger partial charge in [0.05, 0.1) is 0 Å². The van der Waals surface area contributed by atoms with Crippen molar-refractivity contribution in [3.8, 4) is 68.3 Å². The fraction of sp³-hybridized carbons (Fsp3) is 0.267. The van der Waals surface area contributed by atoms with Crippen LogP contribution in [0.4, 0.5) is 0 Å². The quantitative estimate of drug-likeness (QED) is 0.166. The summed E-state index contributed by atoms with van der Waals surface area (Å²) in [5.41, 5.74) is 3.95. The molecule has 0 saturated carbocycles. The average molecular weight is 712 g/mol. The van der Waals surface area contributed by atoms with Gasteiger partial charge in [-0.2, -0.15) is 0 Å². The van der Waals surface area contributed by atoms with Crippen molar-refractivity contribution in [3.63, 3.8) is 0 Å². The molecule has 0 amide bonds. The van der Waals surface area contributed by atoms with Crippen LogP contribution in [0.2, 0.25) is 0 Å². The predicted molar refractivity (Wildman–Crippen MR) is 215 cm³/mol. The summed E-state index contributed by atoms with van der Waals surface area (Å²) in [5.74, 6) is 5.42. The van der Waals surface area contributed by atoms with E-state index < -0.39 is 0 Å². The van der Waals surface area contributed by atoms with E-state index in [0.29, 0.717) is 52.4 Å². The summed E-state index contributed by atoms with van der Waals surface area (Å²) < 4.78 is 0. The van der Waals surface area contributed by atoms with Crippen LogP contribution in [0.3, 0.4) is 0 Å². The van der Waals surface area contributed by atoms with Crippen LogP contribution in [-0.4, -0.2) is 44.9 Å². The van der Waals surface area contributed by atoms with Gasteiger partial charge in [0.2, 0.25) is 0 Å². The van der Waals surface area contributed by atoms with E-state index in [0.717, 1.165) is 33.4 Å². The van der Waals surface area contributed by atoms with Gasteiger partial charge in [0.15, 0.2) is 34.9 Å². The molecule has 7 rings (SSSR count). The summed E-state index contributed by atoms with van der Waals surface area (Å²) in [5, 5.41) is 0. The Morgan fingerprint density at radius 3 is 0.667 bits per heavy atom. The zero-order valence-corrected chi connectivity index (χ0v) is 32.4. The molecule has 3 aromatic heterocycles. The highest BCUT2D eigenvalue weighted by Crippen LogP contribution is 2.34. The Hall–Kier alpha value is -6.09. The lowest BCUT2D eigenvalue weighted by Gasteiger charge is -2.20. The maximum Gasteiger partial charge on any atom is 0.163 e. The van der Waals surface area contributed by atoms with Gasteiger partial charge >= 0.3 is 0 Å². The molecule has 7 aromatic rings. The predicted octanol–water partition coefficient (Wildman–Crippen LogP) is 10.1. The number of hydrogen-bond donors (Lipinski definition) is 0. The van der Waals surface area contributed by atoms with Crippen molar-refractivity contribution >= 4 is 0 Å². The number of hydrogen-bond acceptors (Lipinski definition) is 9. The summed E-state index contributed by atoms with van der Waals surface area (Å²) in [6, 6.07) is 36.1. The molecule has 0 fully saturated rings. The van der Waals surface area contributed by atoms with Crippen molar-refractivity contribution in [1.29, 1.82) is 0 Å². The lowest BCUT2D eigenvalue weighted by atomic mass is 9.95. The largest absolute Gasteiger partial charge is 0.212 e. The molecule has 0 bridgehead atoms. The molecule has 0 saturated heterocycles. The molecule has 54 heavy (non-hydrogen) atoms. The normalized spacial score (nSPS) is 12.2. The first-order chi connectivity index (χ1) is 25.6. The van der Waals surface area contributed by atoms with E-state index in [1.807, 2.05) is 109 Å². The second-order valence-electron chi connectivity index (χ2n) is 16.6. The second-order valence-corrected chi connectivity index (χ2v) is 16.6. The highest BCUT2D eigenvalue weighted by molar-refractivity contribution is 5.77. The van der Waals surface area contributed by atoms with Crippen LogP contribution in [0.5, 0.6) is 0 Å². The van der Waals surface area contributed by atoms with E-state index in [9.17, 15) is 0 Å². The summed E-state index contributed by atoms with van der Waals surface area (Å²) in [4.78, 5) is 45.3. The topological polar surface area (TPSA) is 116 Å². The highest BCUT2D eigenvalue weighted by atomic mass is 15.1. The van der Waals surface area contributed by atoms with Gasteiger partial charge in [-0.25, -0.2) is 44.9 Å². The highest BCUT2D eigenvalue weighted by Gasteiger charge is 2.26. The van der Waals surface area contributed by atoms with Crippen LogP contribution < -0.4 is 0 Å². The minimum absolute atomic E-state index is 0.345. The van der Waals surface area contributed by atoms with Crippen molar-refractivity contribution in [2.45, 2.75) is 78.6 Å². The van der Waals surface area contributed by atoms with Gasteiger partial charge in [-0.3, -0.25) is 0 Å². The van der Waals surface area contributed by atoms with Crippen molar-refractivity contribution in [3.05, 3.63) is 127 Å². The first kappa shape index (κ1) is 36.3. The molecule has 0 aliphatic heterocycles. The number of benzene rings is 4.